The molecule has 0 radical (unpaired) electrons. The van der Waals surface area contributed by atoms with E-state index in [4.69, 9.17) is 0 Å². The summed E-state index contributed by atoms with van der Waals surface area (Å²) in [6.45, 7) is 5.53. The number of nitrogens with zero attached hydrogens (tertiary/aromatic N) is 2. The first-order valence-corrected chi connectivity index (χ1v) is 10.9. The molecular weight excluding hydrogens is 339 g/mol. The van der Waals surface area contributed by atoms with Gasteiger partial charge in [0.25, 0.3) is 0 Å². The third kappa shape index (κ3) is 4.60. The zero-order chi connectivity index (χ0) is 17.9. The lowest BCUT2D eigenvalue weighted by Crippen LogP contribution is -2.37. The molecule has 0 aromatic heterocycles. The van der Waals surface area contributed by atoms with Crippen molar-refractivity contribution in [2.24, 2.45) is 5.92 Å². The summed E-state index contributed by atoms with van der Waals surface area (Å²) in [5, 5.41) is 0. The highest BCUT2D eigenvalue weighted by atomic mass is 32.2. The van der Waals surface area contributed by atoms with Crippen molar-refractivity contribution in [3.05, 3.63) is 29.6 Å². The summed E-state index contributed by atoms with van der Waals surface area (Å²) >= 11 is 0. The van der Waals surface area contributed by atoms with Crippen molar-refractivity contribution >= 4 is 10.0 Å². The Morgan fingerprint density at radius 2 is 1.80 bits per heavy atom. The van der Waals surface area contributed by atoms with Crippen molar-refractivity contribution in [1.82, 2.24) is 9.21 Å². The van der Waals surface area contributed by atoms with Crippen LogP contribution in [0.4, 0.5) is 4.39 Å². The van der Waals surface area contributed by atoms with Gasteiger partial charge in [-0.3, -0.25) is 0 Å². The summed E-state index contributed by atoms with van der Waals surface area (Å²) in [5.74, 6) is 0.264. The monoisotopic (exact) mass is 368 g/mol. The maximum Gasteiger partial charge on any atom is 0.243 e. The van der Waals surface area contributed by atoms with Crippen LogP contribution in [0, 0.1) is 18.7 Å². The molecule has 0 amide bonds. The Labute approximate surface area is 151 Å². The van der Waals surface area contributed by atoms with Gasteiger partial charge in [-0.1, -0.05) is 25.3 Å². The van der Waals surface area contributed by atoms with Crippen LogP contribution in [-0.4, -0.2) is 50.3 Å². The Hall–Kier alpha value is -0.980. The quantitative estimate of drug-likeness (QED) is 0.818. The van der Waals surface area contributed by atoms with Gasteiger partial charge in [0.05, 0.1) is 4.90 Å². The molecule has 3 rings (SSSR count). The predicted molar refractivity (Wildman–Crippen MR) is 97.5 cm³/mol. The van der Waals surface area contributed by atoms with E-state index in [2.05, 4.69) is 4.90 Å². The molecule has 1 saturated carbocycles. The molecule has 25 heavy (non-hydrogen) atoms. The first-order chi connectivity index (χ1) is 12.0. The minimum absolute atomic E-state index is 0.105. The van der Waals surface area contributed by atoms with Gasteiger partial charge >= 0.3 is 0 Å². The normalized spacial score (nSPS) is 22.0. The Kier molecular flexibility index (Phi) is 6.12. The van der Waals surface area contributed by atoms with E-state index in [9.17, 15) is 12.8 Å². The number of rotatable bonds is 4. The largest absolute Gasteiger partial charge is 0.302 e. The summed E-state index contributed by atoms with van der Waals surface area (Å²) in [6.07, 6.45) is 7.47. The lowest BCUT2D eigenvalue weighted by Gasteiger charge is -2.28. The van der Waals surface area contributed by atoms with Crippen LogP contribution >= 0.6 is 0 Å². The SMILES string of the molecule is Cc1ccc(F)cc1S(=O)(=O)N1CCCN(CC2CCCCC2)CC1. The van der Waals surface area contributed by atoms with Crippen LogP contribution in [0.15, 0.2) is 23.1 Å². The summed E-state index contributed by atoms with van der Waals surface area (Å²) in [7, 11) is -3.63. The van der Waals surface area contributed by atoms with Gasteiger partial charge in [-0.15, -0.1) is 0 Å². The summed E-state index contributed by atoms with van der Waals surface area (Å²) in [4.78, 5) is 2.53. The van der Waals surface area contributed by atoms with E-state index in [1.54, 1.807) is 6.92 Å². The average molecular weight is 369 g/mol. The molecule has 1 aromatic carbocycles. The molecule has 0 atom stereocenters. The first-order valence-electron chi connectivity index (χ1n) is 9.45. The van der Waals surface area contributed by atoms with Gasteiger partial charge < -0.3 is 4.90 Å². The Balaban J connectivity index is 1.66. The summed E-state index contributed by atoms with van der Waals surface area (Å²) in [5.41, 5.74) is 0.602. The minimum Gasteiger partial charge on any atom is -0.302 e. The Morgan fingerprint density at radius 1 is 1.04 bits per heavy atom. The van der Waals surface area contributed by atoms with E-state index < -0.39 is 15.8 Å². The van der Waals surface area contributed by atoms with Gasteiger partial charge in [0, 0.05) is 26.2 Å². The van der Waals surface area contributed by atoms with E-state index in [0.717, 1.165) is 38.0 Å². The molecule has 140 valence electrons. The molecule has 0 bridgehead atoms. The lowest BCUT2D eigenvalue weighted by molar-refractivity contribution is 0.208. The van der Waals surface area contributed by atoms with Gasteiger partial charge in [-0.2, -0.15) is 4.31 Å². The molecule has 0 spiro atoms. The van der Waals surface area contributed by atoms with Crippen molar-refractivity contribution in [3.63, 3.8) is 0 Å². The highest BCUT2D eigenvalue weighted by Crippen LogP contribution is 2.26. The highest BCUT2D eigenvalue weighted by molar-refractivity contribution is 7.89. The summed E-state index contributed by atoms with van der Waals surface area (Å²) < 4.78 is 41.0. The van der Waals surface area contributed by atoms with Crippen molar-refractivity contribution in [2.75, 3.05) is 32.7 Å². The van der Waals surface area contributed by atoms with Crippen LogP contribution in [0.2, 0.25) is 0 Å². The van der Waals surface area contributed by atoms with Crippen molar-refractivity contribution in [1.29, 1.82) is 0 Å². The fourth-order valence-corrected chi connectivity index (χ4v) is 5.80. The van der Waals surface area contributed by atoms with Gasteiger partial charge in [-0.25, -0.2) is 12.8 Å². The Bertz CT molecular complexity index is 687. The van der Waals surface area contributed by atoms with E-state index in [1.807, 2.05) is 0 Å². The van der Waals surface area contributed by atoms with Crippen molar-refractivity contribution in [2.45, 2.75) is 50.3 Å². The molecule has 1 aliphatic heterocycles. The fourth-order valence-electron chi connectivity index (χ4n) is 4.10. The maximum absolute atomic E-state index is 13.6. The zero-order valence-electron chi connectivity index (χ0n) is 15.1. The molecule has 2 aliphatic rings. The van der Waals surface area contributed by atoms with Crippen LogP contribution < -0.4 is 0 Å². The summed E-state index contributed by atoms with van der Waals surface area (Å²) in [6, 6.07) is 3.99. The number of sulfonamides is 1. The van der Waals surface area contributed by atoms with Crippen molar-refractivity contribution in [3.8, 4) is 0 Å². The van der Waals surface area contributed by atoms with Gasteiger partial charge in [0.2, 0.25) is 10.0 Å². The molecule has 1 aliphatic carbocycles. The van der Waals surface area contributed by atoms with Crippen molar-refractivity contribution < 1.29 is 12.8 Å². The van der Waals surface area contributed by atoms with Crippen LogP contribution in [0.25, 0.3) is 0 Å². The van der Waals surface area contributed by atoms with E-state index in [0.29, 0.717) is 18.7 Å². The molecule has 1 saturated heterocycles. The predicted octanol–water partition coefficient (Wildman–Crippen LogP) is 3.41. The molecule has 1 heterocycles. The van der Waals surface area contributed by atoms with E-state index in [1.165, 1.54) is 48.5 Å². The van der Waals surface area contributed by atoms with Gasteiger partial charge in [0.15, 0.2) is 0 Å². The number of hydrogen-bond acceptors (Lipinski definition) is 3. The third-order valence-corrected chi connectivity index (χ3v) is 7.60. The second kappa shape index (κ2) is 8.14. The molecule has 6 heteroatoms. The Morgan fingerprint density at radius 3 is 2.56 bits per heavy atom. The second-order valence-corrected chi connectivity index (χ2v) is 9.38. The molecule has 1 aromatic rings. The van der Waals surface area contributed by atoms with Crippen LogP contribution in [0.3, 0.4) is 0 Å². The topological polar surface area (TPSA) is 40.6 Å². The molecule has 0 N–H and O–H groups in total. The molecule has 0 unspecified atom stereocenters. The van der Waals surface area contributed by atoms with Gasteiger partial charge in [0.1, 0.15) is 5.82 Å². The lowest BCUT2D eigenvalue weighted by atomic mass is 9.89. The molecular formula is C19H29FN2O2S. The standard InChI is InChI=1S/C19H29FN2O2S/c1-16-8-9-18(20)14-19(16)25(23,24)22-11-5-10-21(12-13-22)15-17-6-3-2-4-7-17/h8-9,14,17H,2-7,10-13,15H2,1H3. The first kappa shape index (κ1) is 18.8. The zero-order valence-corrected chi connectivity index (χ0v) is 15.9. The maximum atomic E-state index is 13.6. The van der Waals surface area contributed by atoms with E-state index >= 15 is 0 Å². The van der Waals surface area contributed by atoms with Gasteiger partial charge in [-0.05, 0) is 56.3 Å². The average Bonchev–Trinajstić information content (AvgIpc) is 2.84. The third-order valence-electron chi connectivity index (χ3n) is 5.56. The number of benzene rings is 1. The van der Waals surface area contributed by atoms with Crippen LogP contribution in [-0.2, 0) is 10.0 Å². The second-order valence-electron chi connectivity index (χ2n) is 7.47. The van der Waals surface area contributed by atoms with Crippen LogP contribution in [0.5, 0.6) is 0 Å². The number of hydrogen-bond donors (Lipinski definition) is 0. The smallest absolute Gasteiger partial charge is 0.243 e. The highest BCUT2D eigenvalue weighted by Gasteiger charge is 2.29. The fraction of sp³-hybridized carbons (Fsp3) is 0.684. The molecule has 4 nitrogen and oxygen atoms in total. The van der Waals surface area contributed by atoms with E-state index in [-0.39, 0.29) is 4.90 Å². The van der Waals surface area contributed by atoms with Crippen LogP contribution in [0.1, 0.15) is 44.1 Å². The molecule has 2 fully saturated rings. The minimum atomic E-state index is -3.63. The number of aryl methyl sites for hydroxylation is 1. The number of halogens is 1.